The van der Waals surface area contributed by atoms with Crippen molar-refractivity contribution >= 4 is 17.3 Å². The number of nitriles is 1. The summed E-state index contributed by atoms with van der Waals surface area (Å²) in [6.45, 7) is 0. The summed E-state index contributed by atoms with van der Waals surface area (Å²) in [6.07, 6.45) is 1.46. The van der Waals surface area contributed by atoms with Crippen LogP contribution in [0.25, 0.3) is 5.70 Å². The van der Waals surface area contributed by atoms with Crippen LogP contribution in [0, 0.1) is 11.3 Å². The van der Waals surface area contributed by atoms with E-state index in [0.717, 1.165) is 11.3 Å². The molecule has 0 atom stereocenters. The molecule has 0 heterocycles. The van der Waals surface area contributed by atoms with E-state index in [1.807, 2.05) is 32.3 Å². The van der Waals surface area contributed by atoms with Crippen LogP contribution in [0.4, 0.5) is 0 Å². The van der Waals surface area contributed by atoms with E-state index in [0.29, 0.717) is 5.02 Å². The summed E-state index contributed by atoms with van der Waals surface area (Å²) < 4.78 is 0. The molecule has 0 saturated heterocycles. The van der Waals surface area contributed by atoms with Crippen molar-refractivity contribution in [2.24, 2.45) is 0 Å². The van der Waals surface area contributed by atoms with E-state index in [1.165, 1.54) is 6.08 Å². The Morgan fingerprint density at radius 3 is 2.47 bits per heavy atom. The predicted molar refractivity (Wildman–Crippen MR) is 61.9 cm³/mol. The summed E-state index contributed by atoms with van der Waals surface area (Å²) in [5.41, 5.74) is 4.72. The molecule has 0 spiro atoms. The van der Waals surface area contributed by atoms with Crippen molar-refractivity contribution in [3.05, 3.63) is 40.9 Å². The monoisotopic (exact) mass is 221 g/mol. The SMILES string of the molecule is CN(C)N/C(=C/C#N)c1ccc(Cl)cc1. The largest absolute Gasteiger partial charge is 0.318 e. The van der Waals surface area contributed by atoms with Gasteiger partial charge in [0, 0.05) is 25.2 Å². The molecule has 0 fully saturated rings. The van der Waals surface area contributed by atoms with Crippen LogP contribution < -0.4 is 5.43 Å². The number of benzene rings is 1. The molecule has 0 bridgehead atoms. The second-order valence-electron chi connectivity index (χ2n) is 3.20. The minimum atomic E-state index is 0.680. The fraction of sp³-hybridized carbons (Fsp3) is 0.182. The van der Waals surface area contributed by atoms with Crippen molar-refractivity contribution < 1.29 is 0 Å². The Hall–Kier alpha value is -1.50. The molecule has 1 aromatic rings. The van der Waals surface area contributed by atoms with Gasteiger partial charge in [-0.15, -0.1) is 0 Å². The van der Waals surface area contributed by atoms with Crippen LogP contribution in [-0.2, 0) is 0 Å². The summed E-state index contributed by atoms with van der Waals surface area (Å²) >= 11 is 5.78. The first-order chi connectivity index (χ1) is 7.13. The van der Waals surface area contributed by atoms with Gasteiger partial charge in [0.1, 0.15) is 0 Å². The van der Waals surface area contributed by atoms with Gasteiger partial charge in [0.05, 0.1) is 11.8 Å². The van der Waals surface area contributed by atoms with Crippen molar-refractivity contribution in [1.29, 1.82) is 5.26 Å². The van der Waals surface area contributed by atoms with Gasteiger partial charge in [0.2, 0.25) is 0 Å². The Bertz CT molecular complexity index is 387. The van der Waals surface area contributed by atoms with Gasteiger partial charge >= 0.3 is 0 Å². The molecule has 0 aliphatic heterocycles. The van der Waals surface area contributed by atoms with Gasteiger partial charge in [-0.1, -0.05) is 23.7 Å². The minimum absolute atomic E-state index is 0.680. The van der Waals surface area contributed by atoms with Crippen molar-refractivity contribution in [2.75, 3.05) is 14.1 Å². The molecule has 0 amide bonds. The number of halogens is 1. The molecule has 0 unspecified atom stereocenters. The molecule has 0 aliphatic rings. The summed E-state index contributed by atoms with van der Waals surface area (Å²) in [4.78, 5) is 0. The van der Waals surface area contributed by atoms with Gasteiger partial charge in [-0.25, -0.2) is 5.01 Å². The molecule has 15 heavy (non-hydrogen) atoms. The Morgan fingerprint density at radius 1 is 1.40 bits per heavy atom. The molecule has 0 aromatic heterocycles. The van der Waals surface area contributed by atoms with E-state index in [2.05, 4.69) is 5.43 Å². The third kappa shape index (κ3) is 3.62. The fourth-order valence-corrected chi connectivity index (χ4v) is 1.24. The van der Waals surface area contributed by atoms with Crippen molar-refractivity contribution in [2.45, 2.75) is 0 Å². The second kappa shape index (κ2) is 5.40. The second-order valence-corrected chi connectivity index (χ2v) is 3.64. The smallest absolute Gasteiger partial charge is 0.0934 e. The highest BCUT2D eigenvalue weighted by Crippen LogP contribution is 2.15. The Balaban J connectivity index is 2.96. The van der Waals surface area contributed by atoms with Crippen molar-refractivity contribution in [1.82, 2.24) is 10.4 Å². The van der Waals surface area contributed by atoms with Crippen LogP contribution in [-0.4, -0.2) is 19.1 Å². The number of hydrogen-bond acceptors (Lipinski definition) is 3. The normalized spacial score (nSPS) is 11.3. The highest BCUT2D eigenvalue weighted by atomic mass is 35.5. The summed E-state index contributed by atoms with van der Waals surface area (Å²) in [5.74, 6) is 0. The van der Waals surface area contributed by atoms with Crippen molar-refractivity contribution in [3.8, 4) is 6.07 Å². The van der Waals surface area contributed by atoms with E-state index in [-0.39, 0.29) is 0 Å². The van der Waals surface area contributed by atoms with Crippen molar-refractivity contribution in [3.63, 3.8) is 0 Å². The van der Waals surface area contributed by atoms with E-state index >= 15 is 0 Å². The predicted octanol–water partition coefficient (Wildman–Crippen LogP) is 2.27. The summed E-state index contributed by atoms with van der Waals surface area (Å²) in [7, 11) is 3.72. The van der Waals surface area contributed by atoms with Crippen LogP contribution in [0.15, 0.2) is 30.3 Å². The lowest BCUT2D eigenvalue weighted by molar-refractivity contribution is 0.352. The fourth-order valence-electron chi connectivity index (χ4n) is 1.12. The van der Waals surface area contributed by atoms with Gasteiger partial charge in [-0.05, 0) is 17.7 Å². The van der Waals surface area contributed by atoms with E-state index in [4.69, 9.17) is 16.9 Å². The Morgan fingerprint density at radius 2 is 2.00 bits per heavy atom. The maximum Gasteiger partial charge on any atom is 0.0934 e. The lowest BCUT2D eigenvalue weighted by Gasteiger charge is -2.16. The lowest BCUT2D eigenvalue weighted by atomic mass is 10.1. The quantitative estimate of drug-likeness (QED) is 0.629. The topological polar surface area (TPSA) is 39.1 Å². The lowest BCUT2D eigenvalue weighted by Crippen LogP contribution is -2.28. The molecule has 4 heteroatoms. The molecule has 0 radical (unpaired) electrons. The van der Waals surface area contributed by atoms with Gasteiger partial charge in [-0.3, -0.25) is 0 Å². The third-order valence-electron chi connectivity index (χ3n) is 1.71. The first kappa shape index (κ1) is 11.6. The highest BCUT2D eigenvalue weighted by Gasteiger charge is 2.01. The molecule has 0 saturated carbocycles. The van der Waals surface area contributed by atoms with Crippen LogP contribution in [0.5, 0.6) is 0 Å². The van der Waals surface area contributed by atoms with E-state index in [1.54, 1.807) is 17.1 Å². The summed E-state index contributed by atoms with van der Waals surface area (Å²) in [5, 5.41) is 11.1. The number of hydrogen-bond donors (Lipinski definition) is 1. The van der Waals surface area contributed by atoms with Gasteiger partial charge in [0.15, 0.2) is 0 Å². The Kier molecular flexibility index (Phi) is 4.17. The number of rotatable bonds is 3. The van der Waals surface area contributed by atoms with Crippen LogP contribution in [0.2, 0.25) is 5.02 Å². The van der Waals surface area contributed by atoms with E-state index < -0.39 is 0 Å². The first-order valence-electron chi connectivity index (χ1n) is 4.43. The zero-order valence-corrected chi connectivity index (χ0v) is 9.42. The maximum atomic E-state index is 8.65. The molecule has 78 valence electrons. The minimum Gasteiger partial charge on any atom is -0.318 e. The first-order valence-corrected chi connectivity index (χ1v) is 4.81. The average molecular weight is 222 g/mol. The summed E-state index contributed by atoms with van der Waals surface area (Å²) in [6, 6.07) is 9.31. The standard InChI is InChI=1S/C11H12ClN3/c1-15(2)14-11(7-8-13)9-3-5-10(12)6-4-9/h3-7,14H,1-2H3/b11-7+. The molecule has 3 nitrogen and oxygen atoms in total. The number of nitrogens with zero attached hydrogens (tertiary/aromatic N) is 2. The third-order valence-corrected chi connectivity index (χ3v) is 1.96. The van der Waals surface area contributed by atoms with Crippen LogP contribution in [0.1, 0.15) is 5.56 Å². The zero-order chi connectivity index (χ0) is 11.3. The number of allylic oxidation sites excluding steroid dienone is 1. The number of hydrazine groups is 1. The van der Waals surface area contributed by atoms with E-state index in [9.17, 15) is 0 Å². The molecule has 1 rings (SSSR count). The maximum absolute atomic E-state index is 8.65. The van der Waals surface area contributed by atoms with Gasteiger partial charge in [-0.2, -0.15) is 5.26 Å². The van der Waals surface area contributed by atoms with Gasteiger partial charge in [0.25, 0.3) is 0 Å². The zero-order valence-electron chi connectivity index (χ0n) is 8.66. The van der Waals surface area contributed by atoms with Gasteiger partial charge < -0.3 is 5.43 Å². The molecule has 1 N–H and O–H groups in total. The molecule has 0 aliphatic carbocycles. The molecule has 1 aromatic carbocycles. The highest BCUT2D eigenvalue weighted by molar-refractivity contribution is 6.30. The number of nitrogens with one attached hydrogen (secondary N) is 1. The van der Waals surface area contributed by atoms with Crippen LogP contribution >= 0.6 is 11.6 Å². The molecular formula is C11H12ClN3. The molecular weight excluding hydrogens is 210 g/mol. The van der Waals surface area contributed by atoms with Crippen LogP contribution in [0.3, 0.4) is 0 Å². The Labute approximate surface area is 94.5 Å². The average Bonchev–Trinajstić information content (AvgIpc) is 2.17.